The van der Waals surface area contributed by atoms with Gasteiger partial charge in [0.05, 0.1) is 5.56 Å². The van der Waals surface area contributed by atoms with Gasteiger partial charge in [-0.3, -0.25) is 9.78 Å². The van der Waals surface area contributed by atoms with E-state index in [2.05, 4.69) is 15.0 Å². The highest BCUT2D eigenvalue weighted by molar-refractivity contribution is 6.30. The zero-order valence-corrected chi connectivity index (χ0v) is 14.0. The van der Waals surface area contributed by atoms with Gasteiger partial charge >= 0.3 is 5.69 Å². The first-order valence-corrected chi connectivity index (χ1v) is 8.08. The molecule has 1 aliphatic rings. The predicted molar refractivity (Wildman–Crippen MR) is 89.9 cm³/mol. The maximum absolute atomic E-state index is 12.4. The first-order valence-electron chi connectivity index (χ1n) is 7.70. The van der Waals surface area contributed by atoms with Crippen LogP contribution in [0.3, 0.4) is 0 Å². The van der Waals surface area contributed by atoms with Crippen molar-refractivity contribution in [1.29, 1.82) is 0 Å². The molecule has 3 aromatic rings. The second-order valence-electron chi connectivity index (χ2n) is 6.00. The van der Waals surface area contributed by atoms with Gasteiger partial charge in [0.2, 0.25) is 0 Å². The maximum Gasteiger partial charge on any atom is 0.325 e. The van der Waals surface area contributed by atoms with Gasteiger partial charge in [-0.1, -0.05) is 17.7 Å². The third kappa shape index (κ3) is 2.35. The van der Waals surface area contributed by atoms with Gasteiger partial charge in [-0.05, 0) is 29.7 Å². The van der Waals surface area contributed by atoms with Gasteiger partial charge < -0.3 is 14.5 Å². The average molecular weight is 360 g/mol. The van der Waals surface area contributed by atoms with Crippen LogP contribution in [0.5, 0.6) is 0 Å². The number of aromatic amines is 2. The maximum atomic E-state index is 12.4. The smallest absolute Gasteiger partial charge is 0.325 e. The number of aryl methyl sites for hydroxylation is 3. The highest BCUT2D eigenvalue weighted by atomic mass is 35.5. The van der Waals surface area contributed by atoms with E-state index < -0.39 is 16.9 Å². The van der Waals surface area contributed by atoms with Gasteiger partial charge in [0.1, 0.15) is 11.5 Å². The third-order valence-corrected chi connectivity index (χ3v) is 4.67. The largest absolute Gasteiger partial charge is 0.446 e. The Morgan fingerprint density at radius 3 is 2.84 bits per heavy atom. The van der Waals surface area contributed by atoms with E-state index in [1.165, 1.54) is 6.20 Å². The van der Waals surface area contributed by atoms with Crippen LogP contribution < -0.4 is 11.2 Å². The standard InChI is InChI=1S/C17H14ClN3O4/c1-8-20-14-13(25-8)5-2-9-6-10(18)3-4-11(9)17(14,24)12-7-19-16(23)21-15(12)22/h3-4,6-7,24H,2,5H2,1H3,(H2,19,21,22,23). The lowest BCUT2D eigenvalue weighted by Crippen LogP contribution is -2.39. The minimum Gasteiger partial charge on any atom is -0.446 e. The second kappa shape index (κ2) is 5.44. The zero-order valence-electron chi connectivity index (χ0n) is 13.2. The molecule has 1 aromatic carbocycles. The number of oxazole rings is 1. The SMILES string of the molecule is Cc1nc2c(o1)CCc1cc(Cl)ccc1C2(O)c1c[nH]c(=O)[nH]c1=O. The Hall–Kier alpha value is -2.64. The first-order chi connectivity index (χ1) is 11.9. The molecule has 0 fully saturated rings. The Bertz CT molecular complexity index is 1100. The number of halogens is 1. The molecule has 128 valence electrons. The molecule has 3 N–H and O–H groups in total. The van der Waals surface area contributed by atoms with Crippen molar-refractivity contribution in [3.63, 3.8) is 0 Å². The highest BCUT2D eigenvalue weighted by Gasteiger charge is 2.44. The topological polar surface area (TPSA) is 112 Å². The normalized spacial score (nSPS) is 19.2. The summed E-state index contributed by atoms with van der Waals surface area (Å²) in [6.07, 6.45) is 2.28. The summed E-state index contributed by atoms with van der Waals surface area (Å²) in [4.78, 5) is 32.7. The number of aliphatic hydroxyl groups is 1. The van der Waals surface area contributed by atoms with Crippen LogP contribution in [0, 0.1) is 6.92 Å². The summed E-state index contributed by atoms with van der Waals surface area (Å²) in [5, 5.41) is 12.2. The molecule has 1 atom stereocenters. The summed E-state index contributed by atoms with van der Waals surface area (Å²) in [6, 6.07) is 5.06. The summed E-state index contributed by atoms with van der Waals surface area (Å²) in [5.41, 5.74) is -1.72. The molecule has 7 nitrogen and oxygen atoms in total. The average Bonchev–Trinajstić information content (AvgIpc) is 2.89. The third-order valence-electron chi connectivity index (χ3n) is 4.43. The van der Waals surface area contributed by atoms with Crippen LogP contribution in [-0.2, 0) is 18.4 Å². The minimum atomic E-state index is -1.86. The van der Waals surface area contributed by atoms with Crippen LogP contribution in [0.15, 0.2) is 38.4 Å². The van der Waals surface area contributed by atoms with Gasteiger partial charge in [-0.15, -0.1) is 0 Å². The number of aromatic nitrogens is 3. The van der Waals surface area contributed by atoms with Crippen LogP contribution in [0.1, 0.15) is 34.0 Å². The molecular formula is C17H14ClN3O4. The zero-order chi connectivity index (χ0) is 17.8. The summed E-state index contributed by atoms with van der Waals surface area (Å²) in [7, 11) is 0. The minimum absolute atomic E-state index is 0.0351. The highest BCUT2D eigenvalue weighted by Crippen LogP contribution is 2.41. The Labute approximate surface area is 146 Å². The fourth-order valence-corrected chi connectivity index (χ4v) is 3.57. The Morgan fingerprint density at radius 1 is 1.28 bits per heavy atom. The lowest BCUT2D eigenvalue weighted by molar-refractivity contribution is 0.117. The van der Waals surface area contributed by atoms with E-state index in [1.54, 1.807) is 25.1 Å². The molecule has 0 aliphatic heterocycles. The fraction of sp³-hybridized carbons (Fsp3) is 0.235. The van der Waals surface area contributed by atoms with Crippen molar-refractivity contribution in [1.82, 2.24) is 15.0 Å². The molecule has 0 spiro atoms. The molecule has 1 aliphatic carbocycles. The molecule has 1 unspecified atom stereocenters. The lowest BCUT2D eigenvalue weighted by atomic mass is 9.83. The first kappa shape index (κ1) is 15.9. The molecule has 4 rings (SSSR count). The summed E-state index contributed by atoms with van der Waals surface area (Å²) in [6.45, 7) is 1.68. The molecule has 0 radical (unpaired) electrons. The second-order valence-corrected chi connectivity index (χ2v) is 6.44. The van der Waals surface area contributed by atoms with Crippen LogP contribution >= 0.6 is 11.6 Å². The van der Waals surface area contributed by atoms with Crippen LogP contribution in [-0.4, -0.2) is 20.1 Å². The van der Waals surface area contributed by atoms with E-state index in [0.29, 0.717) is 35.1 Å². The molecule has 25 heavy (non-hydrogen) atoms. The van der Waals surface area contributed by atoms with Crippen LogP contribution in [0.4, 0.5) is 0 Å². The van der Waals surface area contributed by atoms with E-state index in [-0.39, 0.29) is 11.3 Å². The fourth-order valence-electron chi connectivity index (χ4n) is 3.37. The van der Waals surface area contributed by atoms with Crippen LogP contribution in [0.2, 0.25) is 5.02 Å². The van der Waals surface area contributed by atoms with Gasteiger partial charge in [0, 0.05) is 24.6 Å². The van der Waals surface area contributed by atoms with Crippen LogP contribution in [0.25, 0.3) is 0 Å². The predicted octanol–water partition coefficient (Wildman–Crippen LogP) is 1.40. The number of fused-ring (bicyclic) bond motifs is 2. The number of H-pyrrole nitrogens is 2. The summed E-state index contributed by atoms with van der Waals surface area (Å²) < 4.78 is 5.64. The van der Waals surface area contributed by atoms with E-state index in [1.807, 2.05) is 0 Å². The van der Waals surface area contributed by atoms with E-state index in [4.69, 9.17) is 16.0 Å². The van der Waals surface area contributed by atoms with Crippen molar-refractivity contribution in [2.24, 2.45) is 0 Å². The molecule has 0 bridgehead atoms. The van der Waals surface area contributed by atoms with Gasteiger partial charge in [0.25, 0.3) is 5.56 Å². The molecular weight excluding hydrogens is 346 g/mol. The summed E-state index contributed by atoms with van der Waals surface area (Å²) >= 11 is 6.10. The van der Waals surface area contributed by atoms with E-state index >= 15 is 0 Å². The molecule has 2 aromatic heterocycles. The van der Waals surface area contributed by atoms with E-state index in [0.717, 1.165) is 5.56 Å². The quantitative estimate of drug-likeness (QED) is 0.608. The number of nitrogens with zero attached hydrogens (tertiary/aromatic N) is 1. The van der Waals surface area contributed by atoms with Crippen molar-refractivity contribution >= 4 is 11.6 Å². The Kier molecular flexibility index (Phi) is 3.45. The molecule has 2 heterocycles. The number of benzene rings is 1. The molecule has 8 heteroatoms. The van der Waals surface area contributed by atoms with Crippen molar-refractivity contribution in [2.45, 2.75) is 25.4 Å². The van der Waals surface area contributed by atoms with E-state index in [9.17, 15) is 14.7 Å². The molecule has 0 amide bonds. The lowest BCUT2D eigenvalue weighted by Gasteiger charge is -2.27. The van der Waals surface area contributed by atoms with Gasteiger partial charge in [-0.2, -0.15) is 0 Å². The molecule has 0 saturated heterocycles. The Morgan fingerprint density at radius 2 is 2.08 bits per heavy atom. The number of hydrogen-bond donors (Lipinski definition) is 3. The molecule has 0 saturated carbocycles. The number of rotatable bonds is 1. The Balaban J connectivity index is 2.11. The number of nitrogens with one attached hydrogen (secondary N) is 2. The van der Waals surface area contributed by atoms with Crippen molar-refractivity contribution < 1.29 is 9.52 Å². The number of hydrogen-bond acceptors (Lipinski definition) is 5. The summed E-state index contributed by atoms with van der Waals surface area (Å²) in [5.74, 6) is 0.889. The van der Waals surface area contributed by atoms with Crippen molar-refractivity contribution in [2.75, 3.05) is 0 Å². The van der Waals surface area contributed by atoms with Gasteiger partial charge in [-0.25, -0.2) is 9.78 Å². The van der Waals surface area contributed by atoms with Gasteiger partial charge in [0.15, 0.2) is 11.5 Å². The van der Waals surface area contributed by atoms with Crippen molar-refractivity contribution in [3.8, 4) is 0 Å². The monoisotopic (exact) mass is 359 g/mol. The van der Waals surface area contributed by atoms with Crippen molar-refractivity contribution in [3.05, 3.63) is 84.3 Å².